The quantitative estimate of drug-likeness (QED) is 0.745. The van der Waals surface area contributed by atoms with E-state index in [0.717, 1.165) is 0 Å². The molecule has 0 saturated heterocycles. The second-order valence-electron chi connectivity index (χ2n) is 3.93. The minimum atomic E-state index is -1.16. The molecule has 0 radical (unpaired) electrons. The summed E-state index contributed by atoms with van der Waals surface area (Å²) >= 11 is 0. The summed E-state index contributed by atoms with van der Waals surface area (Å²) in [7, 11) is 0. The summed E-state index contributed by atoms with van der Waals surface area (Å²) < 4.78 is 13.2. The van der Waals surface area contributed by atoms with Crippen LogP contribution in [0.5, 0.6) is 0 Å². The molecule has 1 aliphatic heterocycles. The molecule has 6 heteroatoms. The minimum absolute atomic E-state index is 0.000185. The molecule has 1 aromatic carbocycles. The zero-order chi connectivity index (χ0) is 13.3. The Morgan fingerprint density at radius 1 is 1.44 bits per heavy atom. The van der Waals surface area contributed by atoms with E-state index in [2.05, 4.69) is 10.6 Å². The van der Waals surface area contributed by atoms with Gasteiger partial charge in [-0.15, -0.1) is 0 Å². The van der Waals surface area contributed by atoms with E-state index < -0.39 is 23.9 Å². The molecule has 0 aliphatic carbocycles. The molecule has 2 rings (SSSR count). The number of carboxylic acids is 1. The van der Waals surface area contributed by atoms with Crippen molar-refractivity contribution in [3.8, 4) is 0 Å². The summed E-state index contributed by atoms with van der Waals surface area (Å²) in [5.41, 5.74) is 0.641. The second kappa shape index (κ2) is 4.48. The van der Waals surface area contributed by atoms with Crippen molar-refractivity contribution in [1.29, 1.82) is 0 Å². The standard InChI is InChI=1S/C12H11FN2O3/c1-6-9(11(16)17)10(15-12(18)14-6)7-3-2-4-8(13)5-7/h2-5,10H,1H3,(H,16,17)(H2,14,15,18)/t10-/m1/s1. The van der Waals surface area contributed by atoms with Gasteiger partial charge in [0.1, 0.15) is 5.82 Å². The number of amides is 2. The first-order valence-electron chi connectivity index (χ1n) is 5.26. The van der Waals surface area contributed by atoms with Gasteiger partial charge in [0.05, 0.1) is 11.6 Å². The van der Waals surface area contributed by atoms with Gasteiger partial charge < -0.3 is 15.7 Å². The number of carboxylic acid groups (broad SMARTS) is 1. The van der Waals surface area contributed by atoms with Crippen molar-refractivity contribution in [2.24, 2.45) is 0 Å². The summed E-state index contributed by atoms with van der Waals surface area (Å²) in [6.45, 7) is 1.49. The Morgan fingerprint density at radius 3 is 2.78 bits per heavy atom. The van der Waals surface area contributed by atoms with E-state index in [1.165, 1.54) is 25.1 Å². The number of carbonyl (C=O) groups excluding carboxylic acids is 1. The van der Waals surface area contributed by atoms with Crippen LogP contribution in [0.2, 0.25) is 0 Å². The first-order valence-corrected chi connectivity index (χ1v) is 5.26. The summed E-state index contributed by atoms with van der Waals surface area (Å²) in [6.07, 6.45) is 0. The lowest BCUT2D eigenvalue weighted by Gasteiger charge is -2.27. The highest BCUT2D eigenvalue weighted by atomic mass is 19.1. The van der Waals surface area contributed by atoms with Crippen LogP contribution in [-0.4, -0.2) is 17.1 Å². The molecular formula is C12H11FN2O3. The van der Waals surface area contributed by atoms with Crippen LogP contribution >= 0.6 is 0 Å². The molecule has 0 fully saturated rings. The van der Waals surface area contributed by atoms with Crippen molar-refractivity contribution in [2.45, 2.75) is 13.0 Å². The molecule has 0 saturated carbocycles. The van der Waals surface area contributed by atoms with Crippen LogP contribution in [-0.2, 0) is 4.79 Å². The molecule has 0 bridgehead atoms. The van der Waals surface area contributed by atoms with Crippen LogP contribution in [0.15, 0.2) is 35.5 Å². The fourth-order valence-corrected chi connectivity index (χ4v) is 1.91. The Morgan fingerprint density at radius 2 is 2.17 bits per heavy atom. The van der Waals surface area contributed by atoms with Crippen LogP contribution in [0.25, 0.3) is 0 Å². The number of rotatable bonds is 2. The molecular weight excluding hydrogens is 239 g/mol. The number of urea groups is 1. The number of hydrogen-bond acceptors (Lipinski definition) is 2. The lowest BCUT2D eigenvalue weighted by Crippen LogP contribution is -2.45. The van der Waals surface area contributed by atoms with E-state index in [0.29, 0.717) is 5.56 Å². The van der Waals surface area contributed by atoms with Gasteiger partial charge in [-0.05, 0) is 24.6 Å². The van der Waals surface area contributed by atoms with Crippen LogP contribution in [0, 0.1) is 5.82 Å². The number of carbonyl (C=O) groups is 2. The van der Waals surface area contributed by atoms with Crippen LogP contribution in [0.3, 0.4) is 0 Å². The second-order valence-corrected chi connectivity index (χ2v) is 3.93. The van der Waals surface area contributed by atoms with Crippen molar-refractivity contribution in [3.05, 3.63) is 46.9 Å². The van der Waals surface area contributed by atoms with Gasteiger partial charge in [-0.3, -0.25) is 0 Å². The SMILES string of the molecule is CC1=C(C(=O)O)[C@@H](c2cccc(F)c2)NC(=O)N1. The monoisotopic (exact) mass is 250 g/mol. The first kappa shape index (κ1) is 12.1. The summed E-state index contributed by atoms with van der Waals surface area (Å²) in [4.78, 5) is 22.6. The fraction of sp³-hybridized carbons (Fsp3) is 0.167. The lowest BCUT2D eigenvalue weighted by atomic mass is 9.96. The molecule has 1 atom stereocenters. The smallest absolute Gasteiger partial charge is 0.335 e. The van der Waals surface area contributed by atoms with Gasteiger partial charge in [-0.25, -0.2) is 14.0 Å². The molecule has 1 aromatic rings. The predicted molar refractivity (Wildman–Crippen MR) is 61.1 cm³/mol. The molecule has 0 spiro atoms. The Labute approximate surface area is 102 Å². The van der Waals surface area contributed by atoms with Crippen molar-refractivity contribution >= 4 is 12.0 Å². The Bertz CT molecular complexity index is 554. The van der Waals surface area contributed by atoms with E-state index in [9.17, 15) is 14.0 Å². The topological polar surface area (TPSA) is 78.4 Å². The van der Waals surface area contributed by atoms with Crippen molar-refractivity contribution in [1.82, 2.24) is 10.6 Å². The van der Waals surface area contributed by atoms with Gasteiger partial charge in [-0.1, -0.05) is 12.1 Å². The lowest BCUT2D eigenvalue weighted by molar-refractivity contribution is -0.133. The molecule has 18 heavy (non-hydrogen) atoms. The number of allylic oxidation sites excluding steroid dienone is 1. The molecule has 1 heterocycles. The van der Waals surface area contributed by atoms with Gasteiger partial charge in [-0.2, -0.15) is 0 Å². The minimum Gasteiger partial charge on any atom is -0.478 e. The zero-order valence-corrected chi connectivity index (χ0v) is 9.53. The van der Waals surface area contributed by atoms with Gasteiger partial charge in [0.2, 0.25) is 0 Å². The van der Waals surface area contributed by atoms with E-state index in [1.807, 2.05) is 0 Å². The molecule has 1 aliphatic rings. The Balaban J connectivity index is 2.50. The van der Waals surface area contributed by atoms with Crippen molar-refractivity contribution in [3.63, 3.8) is 0 Å². The summed E-state index contributed by atoms with van der Waals surface area (Å²) in [6, 6.07) is 4.12. The number of halogens is 1. The average molecular weight is 250 g/mol. The predicted octanol–water partition coefficient (Wildman–Crippen LogP) is 1.54. The van der Waals surface area contributed by atoms with Crippen LogP contribution in [0.1, 0.15) is 18.5 Å². The maximum atomic E-state index is 13.2. The highest BCUT2D eigenvalue weighted by molar-refractivity contribution is 5.93. The third-order valence-electron chi connectivity index (χ3n) is 2.68. The maximum Gasteiger partial charge on any atom is 0.335 e. The van der Waals surface area contributed by atoms with Gasteiger partial charge in [0, 0.05) is 5.70 Å². The highest BCUT2D eigenvalue weighted by Crippen LogP contribution is 2.26. The van der Waals surface area contributed by atoms with E-state index in [4.69, 9.17) is 5.11 Å². The third-order valence-corrected chi connectivity index (χ3v) is 2.68. The molecule has 94 valence electrons. The van der Waals surface area contributed by atoms with E-state index in [1.54, 1.807) is 6.07 Å². The molecule has 0 aromatic heterocycles. The maximum absolute atomic E-state index is 13.2. The fourth-order valence-electron chi connectivity index (χ4n) is 1.91. The Kier molecular flexibility index (Phi) is 3.01. The van der Waals surface area contributed by atoms with Crippen LogP contribution < -0.4 is 10.6 Å². The summed E-state index contributed by atoms with van der Waals surface area (Å²) in [5.74, 6) is -1.64. The zero-order valence-electron chi connectivity index (χ0n) is 9.53. The summed E-state index contributed by atoms with van der Waals surface area (Å²) in [5, 5.41) is 14.0. The van der Waals surface area contributed by atoms with Crippen LogP contribution in [0.4, 0.5) is 9.18 Å². The third kappa shape index (κ3) is 2.17. The highest BCUT2D eigenvalue weighted by Gasteiger charge is 2.30. The molecule has 0 unspecified atom stereocenters. The van der Waals surface area contributed by atoms with E-state index in [-0.39, 0.29) is 11.3 Å². The van der Waals surface area contributed by atoms with Crippen molar-refractivity contribution in [2.75, 3.05) is 0 Å². The number of aliphatic carboxylic acids is 1. The number of benzene rings is 1. The largest absolute Gasteiger partial charge is 0.478 e. The number of hydrogen-bond donors (Lipinski definition) is 3. The molecule has 3 N–H and O–H groups in total. The van der Waals surface area contributed by atoms with Gasteiger partial charge in [0.25, 0.3) is 0 Å². The van der Waals surface area contributed by atoms with E-state index >= 15 is 0 Å². The molecule has 5 nitrogen and oxygen atoms in total. The number of nitrogens with one attached hydrogen (secondary N) is 2. The Hall–Kier alpha value is -2.37. The average Bonchev–Trinajstić information content (AvgIpc) is 2.27. The van der Waals surface area contributed by atoms with Gasteiger partial charge in [0.15, 0.2) is 0 Å². The normalized spacial score (nSPS) is 19.2. The van der Waals surface area contributed by atoms with Crippen molar-refractivity contribution < 1.29 is 19.1 Å². The van der Waals surface area contributed by atoms with Gasteiger partial charge >= 0.3 is 12.0 Å². The molecule has 2 amide bonds. The first-order chi connectivity index (χ1) is 8.49.